The highest BCUT2D eigenvalue weighted by Gasteiger charge is 2.11. The quantitative estimate of drug-likeness (QED) is 0.821. The smallest absolute Gasteiger partial charge is 0.118 e. The van der Waals surface area contributed by atoms with Crippen molar-refractivity contribution in [1.29, 1.82) is 0 Å². The number of methoxy groups -OCH3 is 1. The van der Waals surface area contributed by atoms with E-state index in [1.807, 2.05) is 43.4 Å². The van der Waals surface area contributed by atoms with Crippen LogP contribution in [0, 0.1) is 0 Å². The van der Waals surface area contributed by atoms with Gasteiger partial charge in [0.2, 0.25) is 0 Å². The Balaban J connectivity index is 2.02. The maximum Gasteiger partial charge on any atom is 0.118 e. The van der Waals surface area contributed by atoms with Gasteiger partial charge in [0, 0.05) is 11.0 Å². The Labute approximate surface area is 134 Å². The predicted molar refractivity (Wildman–Crippen MR) is 88.6 cm³/mol. The molecule has 2 rings (SSSR count). The van der Waals surface area contributed by atoms with Gasteiger partial charge in [-0.3, -0.25) is 0 Å². The number of halogens is 1. The van der Waals surface area contributed by atoms with Gasteiger partial charge in [0.1, 0.15) is 5.75 Å². The van der Waals surface area contributed by atoms with Crippen LogP contribution in [0.2, 0.25) is 0 Å². The van der Waals surface area contributed by atoms with Gasteiger partial charge in [0.25, 0.3) is 0 Å². The molecule has 2 aromatic carbocycles. The third kappa shape index (κ3) is 4.84. The Bertz CT molecular complexity index is 540. The lowest BCUT2D eigenvalue weighted by atomic mass is 10.1. The first-order valence-corrected chi connectivity index (χ1v) is 7.67. The first-order valence-electron chi connectivity index (χ1n) is 6.87. The Morgan fingerprint density at radius 2 is 1.71 bits per heavy atom. The van der Waals surface area contributed by atoms with Crippen molar-refractivity contribution < 1.29 is 9.47 Å². The fourth-order valence-corrected chi connectivity index (χ4v) is 2.32. The van der Waals surface area contributed by atoms with E-state index in [-0.39, 0.29) is 6.10 Å². The second kappa shape index (κ2) is 8.17. The Morgan fingerprint density at radius 3 is 2.29 bits per heavy atom. The topological polar surface area (TPSA) is 30.5 Å². The molecular formula is C17H20BrNO2. The summed E-state index contributed by atoms with van der Waals surface area (Å²) < 4.78 is 12.3. The van der Waals surface area contributed by atoms with Crippen molar-refractivity contribution in [3.8, 4) is 5.75 Å². The zero-order valence-corrected chi connectivity index (χ0v) is 13.9. The molecule has 0 saturated carbocycles. The maximum atomic E-state index is 6.05. The van der Waals surface area contributed by atoms with Gasteiger partial charge in [-0.1, -0.05) is 40.2 Å². The van der Waals surface area contributed by atoms with E-state index in [0.717, 1.165) is 27.9 Å². The summed E-state index contributed by atoms with van der Waals surface area (Å²) >= 11 is 3.44. The first-order chi connectivity index (χ1) is 10.2. The van der Waals surface area contributed by atoms with E-state index in [1.165, 1.54) is 0 Å². The summed E-state index contributed by atoms with van der Waals surface area (Å²) in [4.78, 5) is 0. The number of hydrogen-bond acceptors (Lipinski definition) is 3. The maximum absolute atomic E-state index is 6.05. The number of nitrogens with one attached hydrogen (secondary N) is 1. The van der Waals surface area contributed by atoms with Gasteiger partial charge in [-0.05, 0) is 42.4 Å². The van der Waals surface area contributed by atoms with Crippen LogP contribution in [0.15, 0.2) is 53.0 Å². The Kier molecular flexibility index (Phi) is 6.23. The fraction of sp³-hybridized carbons (Fsp3) is 0.294. The number of likely N-dealkylation sites (N-methyl/N-ethyl adjacent to an activating group) is 1. The first kappa shape index (κ1) is 16.0. The lowest BCUT2D eigenvalue weighted by Crippen LogP contribution is -2.19. The molecule has 112 valence electrons. The van der Waals surface area contributed by atoms with Gasteiger partial charge in [-0.15, -0.1) is 0 Å². The molecule has 21 heavy (non-hydrogen) atoms. The minimum atomic E-state index is 0.0181. The van der Waals surface area contributed by atoms with Gasteiger partial charge < -0.3 is 14.8 Å². The van der Waals surface area contributed by atoms with Crippen LogP contribution in [0.3, 0.4) is 0 Å². The molecule has 1 atom stereocenters. The van der Waals surface area contributed by atoms with Gasteiger partial charge >= 0.3 is 0 Å². The van der Waals surface area contributed by atoms with Crippen molar-refractivity contribution in [2.24, 2.45) is 0 Å². The molecule has 4 heteroatoms. The fourth-order valence-electron chi connectivity index (χ4n) is 2.05. The Hall–Kier alpha value is -1.36. The van der Waals surface area contributed by atoms with Crippen molar-refractivity contribution in [2.75, 3.05) is 20.7 Å². The van der Waals surface area contributed by atoms with Crippen molar-refractivity contribution >= 4 is 15.9 Å². The van der Waals surface area contributed by atoms with Crippen molar-refractivity contribution in [1.82, 2.24) is 5.32 Å². The third-order valence-electron chi connectivity index (χ3n) is 3.24. The molecule has 1 unspecified atom stereocenters. The zero-order valence-electron chi connectivity index (χ0n) is 12.3. The largest absolute Gasteiger partial charge is 0.497 e. The number of hydrogen-bond donors (Lipinski definition) is 1. The summed E-state index contributed by atoms with van der Waals surface area (Å²) in [6.07, 6.45) is 0.0181. The highest BCUT2D eigenvalue weighted by atomic mass is 79.9. The standard InChI is InChI=1S/C17H20BrNO2/c1-19-11-17(14-5-9-16(20-2)10-6-14)21-12-13-3-7-15(18)8-4-13/h3-10,17,19H,11-12H2,1-2H3. The minimum Gasteiger partial charge on any atom is -0.497 e. The SMILES string of the molecule is CNCC(OCc1ccc(Br)cc1)c1ccc(OC)cc1. The molecular weight excluding hydrogens is 330 g/mol. The number of benzene rings is 2. The molecule has 3 nitrogen and oxygen atoms in total. The molecule has 0 bridgehead atoms. The summed E-state index contributed by atoms with van der Waals surface area (Å²) in [5, 5.41) is 3.18. The van der Waals surface area contributed by atoms with Gasteiger partial charge in [-0.25, -0.2) is 0 Å². The van der Waals surface area contributed by atoms with Crippen molar-refractivity contribution in [2.45, 2.75) is 12.7 Å². The van der Waals surface area contributed by atoms with Crippen LogP contribution in [-0.2, 0) is 11.3 Å². The lowest BCUT2D eigenvalue weighted by Gasteiger charge is -2.18. The minimum absolute atomic E-state index is 0.0181. The van der Waals surface area contributed by atoms with E-state index in [9.17, 15) is 0 Å². The van der Waals surface area contributed by atoms with E-state index >= 15 is 0 Å². The third-order valence-corrected chi connectivity index (χ3v) is 3.77. The second-order valence-electron chi connectivity index (χ2n) is 4.76. The summed E-state index contributed by atoms with van der Waals surface area (Å²) in [5.41, 5.74) is 2.30. The average molecular weight is 350 g/mol. The monoisotopic (exact) mass is 349 g/mol. The van der Waals surface area contributed by atoms with Crippen LogP contribution in [0.1, 0.15) is 17.2 Å². The molecule has 0 saturated heterocycles. The van der Waals surface area contributed by atoms with E-state index in [1.54, 1.807) is 7.11 Å². The van der Waals surface area contributed by atoms with E-state index in [0.29, 0.717) is 6.61 Å². The molecule has 0 fully saturated rings. The molecule has 0 amide bonds. The van der Waals surface area contributed by atoms with Crippen LogP contribution in [0.4, 0.5) is 0 Å². The van der Waals surface area contributed by atoms with E-state index < -0.39 is 0 Å². The summed E-state index contributed by atoms with van der Waals surface area (Å²) in [7, 11) is 3.60. The Morgan fingerprint density at radius 1 is 1.05 bits per heavy atom. The van der Waals surface area contributed by atoms with Gasteiger partial charge in [0.05, 0.1) is 19.8 Å². The molecule has 0 radical (unpaired) electrons. The van der Waals surface area contributed by atoms with E-state index in [4.69, 9.17) is 9.47 Å². The zero-order chi connectivity index (χ0) is 15.1. The molecule has 2 aromatic rings. The molecule has 1 N–H and O–H groups in total. The number of ether oxygens (including phenoxy) is 2. The van der Waals surface area contributed by atoms with Crippen LogP contribution in [0.25, 0.3) is 0 Å². The molecule has 0 aliphatic heterocycles. The summed E-state index contributed by atoms with van der Waals surface area (Å²) in [5.74, 6) is 0.856. The van der Waals surface area contributed by atoms with Crippen LogP contribution < -0.4 is 10.1 Å². The summed E-state index contributed by atoms with van der Waals surface area (Å²) in [6.45, 7) is 1.36. The summed E-state index contributed by atoms with van der Waals surface area (Å²) in [6, 6.07) is 16.2. The van der Waals surface area contributed by atoms with Crippen LogP contribution in [0.5, 0.6) is 5.75 Å². The molecule has 0 aliphatic carbocycles. The van der Waals surface area contributed by atoms with Gasteiger partial charge in [0.15, 0.2) is 0 Å². The molecule has 0 aliphatic rings. The second-order valence-corrected chi connectivity index (χ2v) is 5.67. The molecule has 0 aromatic heterocycles. The van der Waals surface area contributed by atoms with Crippen LogP contribution in [-0.4, -0.2) is 20.7 Å². The predicted octanol–water partition coefficient (Wildman–Crippen LogP) is 3.94. The molecule has 0 spiro atoms. The molecule has 0 heterocycles. The van der Waals surface area contributed by atoms with Crippen LogP contribution >= 0.6 is 15.9 Å². The highest BCUT2D eigenvalue weighted by Crippen LogP contribution is 2.22. The van der Waals surface area contributed by atoms with E-state index in [2.05, 4.69) is 33.4 Å². The van der Waals surface area contributed by atoms with Crippen molar-refractivity contribution in [3.63, 3.8) is 0 Å². The number of rotatable bonds is 7. The average Bonchev–Trinajstić information content (AvgIpc) is 2.53. The normalized spacial score (nSPS) is 12.1. The highest BCUT2D eigenvalue weighted by molar-refractivity contribution is 9.10. The van der Waals surface area contributed by atoms with Crippen molar-refractivity contribution in [3.05, 3.63) is 64.1 Å². The lowest BCUT2D eigenvalue weighted by molar-refractivity contribution is 0.0410. The van der Waals surface area contributed by atoms with Gasteiger partial charge in [-0.2, -0.15) is 0 Å².